The maximum Gasteiger partial charge on any atom is 0.238 e. The first-order chi connectivity index (χ1) is 15.0. The molecule has 1 saturated carbocycles. The number of aliphatic hydroxyl groups is 1. The molecule has 0 radical (unpaired) electrons. The molecule has 2 aromatic carbocycles. The molecule has 1 saturated heterocycles. The zero-order valence-corrected chi connectivity index (χ0v) is 18.3. The van der Waals surface area contributed by atoms with Crippen molar-refractivity contribution in [3.63, 3.8) is 0 Å². The molecule has 3 atom stereocenters. The summed E-state index contributed by atoms with van der Waals surface area (Å²) in [5.41, 5.74) is 1.23. The van der Waals surface area contributed by atoms with Crippen LogP contribution < -0.4 is 14.8 Å². The quantitative estimate of drug-likeness (QED) is 0.733. The molecule has 6 heteroatoms. The zero-order chi connectivity index (χ0) is 21.8. The molecule has 4 rings (SSSR count). The van der Waals surface area contributed by atoms with Crippen molar-refractivity contribution in [1.29, 1.82) is 0 Å². The lowest BCUT2D eigenvalue weighted by molar-refractivity contribution is -0.135. The summed E-state index contributed by atoms with van der Waals surface area (Å²) in [5.74, 6) is 1.63. The molecule has 2 aliphatic rings. The Morgan fingerprint density at radius 2 is 1.68 bits per heavy atom. The number of benzene rings is 2. The number of piperidine rings is 1. The summed E-state index contributed by atoms with van der Waals surface area (Å²) < 4.78 is 10.5. The van der Waals surface area contributed by atoms with Crippen LogP contribution in [-0.2, 0) is 4.79 Å². The summed E-state index contributed by atoms with van der Waals surface area (Å²) >= 11 is 0. The molecule has 1 aliphatic carbocycles. The number of nitrogens with zero attached hydrogens (tertiary/aromatic N) is 1. The fourth-order valence-corrected chi connectivity index (χ4v) is 5.22. The number of carbonyl (C=O) groups is 1. The van der Waals surface area contributed by atoms with Gasteiger partial charge in [0.2, 0.25) is 5.91 Å². The fraction of sp³-hybridized carbons (Fsp3) is 0.480. The van der Waals surface area contributed by atoms with Crippen LogP contribution in [0.15, 0.2) is 48.5 Å². The van der Waals surface area contributed by atoms with Crippen LogP contribution in [0.3, 0.4) is 0 Å². The minimum atomic E-state index is -0.647. The summed E-state index contributed by atoms with van der Waals surface area (Å²) in [6, 6.07) is 15.4. The third-order valence-electron chi connectivity index (χ3n) is 6.85. The first kappa shape index (κ1) is 21.7. The Labute approximate surface area is 184 Å². The number of hydrogen-bond acceptors (Lipinski definition) is 5. The second-order valence-electron chi connectivity index (χ2n) is 8.67. The standard InChI is InChI=1S/C25H32N2O4/c1-30-20-10-6-18(7-11-20)24-22-5-3-4-14-25(22,29)15-16-27(24)17-23(28)26-19-8-12-21(31-2)13-9-19/h6-13,22,24,29H,3-5,14-17H2,1-2H3,(H,26,28)/t22-,24+,25+/m1/s1. The van der Waals surface area contributed by atoms with Gasteiger partial charge in [-0.15, -0.1) is 0 Å². The van der Waals surface area contributed by atoms with Crippen molar-refractivity contribution in [2.75, 3.05) is 32.6 Å². The summed E-state index contributed by atoms with van der Waals surface area (Å²) in [4.78, 5) is 15.1. The number of rotatable bonds is 6. The van der Waals surface area contributed by atoms with Crippen LogP contribution in [0.25, 0.3) is 0 Å². The van der Waals surface area contributed by atoms with E-state index in [0.717, 1.165) is 48.4 Å². The number of methoxy groups -OCH3 is 2. The largest absolute Gasteiger partial charge is 0.497 e. The average molecular weight is 425 g/mol. The molecule has 0 unspecified atom stereocenters. The highest BCUT2D eigenvalue weighted by molar-refractivity contribution is 5.92. The van der Waals surface area contributed by atoms with E-state index in [9.17, 15) is 9.90 Å². The Balaban J connectivity index is 1.54. The van der Waals surface area contributed by atoms with Gasteiger partial charge in [0.25, 0.3) is 0 Å². The number of amides is 1. The molecule has 6 nitrogen and oxygen atoms in total. The van der Waals surface area contributed by atoms with Crippen LogP contribution in [0, 0.1) is 5.92 Å². The van der Waals surface area contributed by atoms with Gasteiger partial charge in [-0.2, -0.15) is 0 Å². The first-order valence-corrected chi connectivity index (χ1v) is 11.1. The number of ether oxygens (including phenoxy) is 2. The summed E-state index contributed by atoms with van der Waals surface area (Å²) in [5, 5.41) is 14.4. The van der Waals surface area contributed by atoms with Crippen molar-refractivity contribution in [3.8, 4) is 11.5 Å². The van der Waals surface area contributed by atoms with Gasteiger partial charge in [-0.25, -0.2) is 0 Å². The topological polar surface area (TPSA) is 71.0 Å². The lowest BCUT2D eigenvalue weighted by Gasteiger charge is -2.52. The molecule has 0 bridgehead atoms. The molecule has 1 heterocycles. The fourth-order valence-electron chi connectivity index (χ4n) is 5.22. The van der Waals surface area contributed by atoms with Crippen LogP contribution in [0.4, 0.5) is 5.69 Å². The predicted molar refractivity (Wildman–Crippen MR) is 120 cm³/mol. The minimum absolute atomic E-state index is 0.00609. The van der Waals surface area contributed by atoms with Gasteiger partial charge >= 0.3 is 0 Å². The van der Waals surface area contributed by atoms with E-state index in [4.69, 9.17) is 9.47 Å². The SMILES string of the molecule is COc1ccc(NC(=O)CN2CC[C@@]3(O)CCCC[C@@H]3[C@@H]2c2ccc(OC)cc2)cc1. The summed E-state index contributed by atoms with van der Waals surface area (Å²) in [6.07, 6.45) is 4.71. The van der Waals surface area contributed by atoms with Crippen molar-refractivity contribution < 1.29 is 19.4 Å². The van der Waals surface area contributed by atoms with Crippen molar-refractivity contribution in [3.05, 3.63) is 54.1 Å². The highest BCUT2D eigenvalue weighted by atomic mass is 16.5. The average Bonchev–Trinajstić information content (AvgIpc) is 2.79. The predicted octanol–water partition coefficient (Wildman–Crippen LogP) is 4.01. The second kappa shape index (κ2) is 9.28. The number of carbonyl (C=O) groups excluding carboxylic acids is 1. The third kappa shape index (κ3) is 4.70. The maximum atomic E-state index is 12.9. The van der Waals surface area contributed by atoms with Gasteiger partial charge in [-0.05, 0) is 61.2 Å². The molecule has 0 spiro atoms. The lowest BCUT2D eigenvalue weighted by atomic mass is 9.66. The summed E-state index contributed by atoms with van der Waals surface area (Å²) in [6.45, 7) is 0.981. The van der Waals surface area contributed by atoms with Gasteiger partial charge in [0.15, 0.2) is 0 Å². The number of anilines is 1. The Hall–Kier alpha value is -2.57. The molecule has 0 aromatic heterocycles. The van der Waals surface area contributed by atoms with Crippen LogP contribution in [0.2, 0.25) is 0 Å². The monoisotopic (exact) mass is 424 g/mol. The van der Waals surface area contributed by atoms with Crippen LogP contribution in [0.1, 0.15) is 43.7 Å². The highest BCUT2D eigenvalue weighted by Gasteiger charge is 2.49. The smallest absolute Gasteiger partial charge is 0.238 e. The Bertz CT molecular complexity index is 883. The third-order valence-corrected chi connectivity index (χ3v) is 6.85. The number of likely N-dealkylation sites (tertiary alicyclic amines) is 1. The van der Waals surface area contributed by atoms with Crippen molar-refractivity contribution in [2.24, 2.45) is 5.92 Å². The molecular weight excluding hydrogens is 392 g/mol. The van der Waals surface area contributed by atoms with E-state index < -0.39 is 5.60 Å². The van der Waals surface area contributed by atoms with Crippen LogP contribution >= 0.6 is 0 Å². The van der Waals surface area contributed by atoms with E-state index in [2.05, 4.69) is 22.3 Å². The number of hydrogen-bond donors (Lipinski definition) is 2. The molecular formula is C25H32N2O4. The zero-order valence-electron chi connectivity index (χ0n) is 18.3. The van der Waals surface area contributed by atoms with Gasteiger partial charge in [0.05, 0.1) is 26.4 Å². The van der Waals surface area contributed by atoms with E-state index >= 15 is 0 Å². The minimum Gasteiger partial charge on any atom is -0.497 e. The molecule has 2 N–H and O–H groups in total. The molecule has 2 fully saturated rings. The van der Waals surface area contributed by atoms with Crippen molar-refractivity contribution in [2.45, 2.75) is 43.7 Å². The number of nitrogens with one attached hydrogen (secondary N) is 1. The van der Waals surface area contributed by atoms with Crippen LogP contribution in [0.5, 0.6) is 11.5 Å². The Morgan fingerprint density at radius 1 is 1.03 bits per heavy atom. The first-order valence-electron chi connectivity index (χ1n) is 11.1. The Kier molecular flexibility index (Phi) is 6.49. The Morgan fingerprint density at radius 3 is 2.32 bits per heavy atom. The van der Waals surface area contributed by atoms with E-state index in [1.165, 1.54) is 0 Å². The number of fused-ring (bicyclic) bond motifs is 1. The van der Waals surface area contributed by atoms with Crippen LogP contribution in [-0.4, -0.2) is 48.8 Å². The molecule has 1 aliphatic heterocycles. The van der Waals surface area contributed by atoms with Crippen molar-refractivity contribution in [1.82, 2.24) is 4.90 Å². The lowest BCUT2D eigenvalue weighted by Crippen LogP contribution is -2.56. The molecule has 31 heavy (non-hydrogen) atoms. The maximum absolute atomic E-state index is 12.9. The van der Waals surface area contributed by atoms with Crippen molar-refractivity contribution >= 4 is 11.6 Å². The van der Waals surface area contributed by atoms with E-state index in [0.29, 0.717) is 13.0 Å². The highest BCUT2D eigenvalue weighted by Crippen LogP contribution is 2.49. The van der Waals surface area contributed by atoms with Gasteiger partial charge in [-0.1, -0.05) is 25.0 Å². The molecule has 1 amide bonds. The molecule has 2 aromatic rings. The van der Waals surface area contributed by atoms with Gasteiger partial charge in [-0.3, -0.25) is 9.69 Å². The second-order valence-corrected chi connectivity index (χ2v) is 8.67. The molecule has 166 valence electrons. The van der Waals surface area contributed by atoms with Gasteiger partial charge in [0, 0.05) is 24.2 Å². The van der Waals surface area contributed by atoms with E-state index in [1.54, 1.807) is 14.2 Å². The van der Waals surface area contributed by atoms with Gasteiger partial charge in [0.1, 0.15) is 11.5 Å². The van der Waals surface area contributed by atoms with E-state index in [1.807, 2.05) is 36.4 Å². The van der Waals surface area contributed by atoms with Gasteiger partial charge < -0.3 is 19.9 Å². The summed E-state index contributed by atoms with van der Waals surface area (Å²) in [7, 11) is 3.28. The normalized spacial score (nSPS) is 26.0. The van der Waals surface area contributed by atoms with E-state index in [-0.39, 0.29) is 24.4 Å².